The molecule has 1 rings (SSSR count). The van der Waals surface area contributed by atoms with Gasteiger partial charge in [0.1, 0.15) is 12.3 Å². The number of nitrogens with one attached hydrogen (secondary N) is 1. The summed E-state index contributed by atoms with van der Waals surface area (Å²) in [5, 5.41) is 20.1. The molecule has 90 valence electrons. The van der Waals surface area contributed by atoms with E-state index in [4.69, 9.17) is 23.2 Å². The van der Waals surface area contributed by atoms with Crippen LogP contribution in [0.2, 0.25) is 0 Å². The van der Waals surface area contributed by atoms with Crippen molar-refractivity contribution >= 4 is 22.6 Å². The Labute approximate surface area is 93.1 Å². The molecule has 0 amide bonds. The number of anilines is 1. The zero-order chi connectivity index (χ0) is 12.6. The molecule has 0 heterocycles. The first-order valence-electron chi connectivity index (χ1n) is 4.00. The summed E-state index contributed by atoms with van der Waals surface area (Å²) in [7, 11) is -3.12. The van der Waals surface area contributed by atoms with E-state index in [0.29, 0.717) is 5.69 Å². The summed E-state index contributed by atoms with van der Waals surface area (Å²) in [6.45, 7) is -0.197. The standard InChI is InChI=1S/C8H9NO3.H2O3S/c10-7-4-2-1-3-6(7)9-5-8(11)12;1-4(2)3/h1-4,9-10H,5H2,(H,11,12);4H,(H,1,2,3). The summed E-state index contributed by atoms with van der Waals surface area (Å²) in [5.74, 6) is -0.906. The van der Waals surface area contributed by atoms with Crippen molar-refractivity contribution in [3.8, 4) is 5.75 Å². The molecule has 0 unspecified atom stereocenters. The lowest BCUT2D eigenvalue weighted by Gasteiger charge is -2.04. The van der Waals surface area contributed by atoms with Crippen molar-refractivity contribution in [2.24, 2.45) is 0 Å². The fraction of sp³-hybridized carbons (Fsp3) is 0.125. The minimum atomic E-state index is -3.12. The molecule has 0 aliphatic carbocycles. The van der Waals surface area contributed by atoms with E-state index in [2.05, 4.69) is 5.32 Å². The van der Waals surface area contributed by atoms with Crippen molar-refractivity contribution in [1.82, 2.24) is 0 Å². The third-order valence-corrected chi connectivity index (χ3v) is 1.33. The molecular weight excluding hydrogens is 238 g/mol. The molecule has 1 aromatic rings. The van der Waals surface area contributed by atoms with E-state index in [-0.39, 0.29) is 12.3 Å². The molecule has 0 saturated heterocycles. The van der Waals surface area contributed by atoms with Crippen molar-refractivity contribution in [1.29, 1.82) is 0 Å². The van der Waals surface area contributed by atoms with E-state index in [9.17, 15) is 4.79 Å². The topological polar surface area (TPSA) is 124 Å². The van der Waals surface area contributed by atoms with Crippen LogP contribution in [0.15, 0.2) is 24.3 Å². The molecule has 4 N–H and O–H groups in total. The van der Waals surface area contributed by atoms with E-state index in [1.807, 2.05) is 0 Å². The predicted molar refractivity (Wildman–Crippen MR) is 57.2 cm³/mol. The molecule has 8 heteroatoms. The van der Waals surface area contributed by atoms with Gasteiger partial charge in [-0.15, -0.1) is 0 Å². The number of aliphatic carboxylic acids is 1. The Morgan fingerprint density at radius 2 is 1.81 bits per heavy atom. The lowest BCUT2D eigenvalue weighted by atomic mass is 10.3. The Balaban J connectivity index is 0.000000487. The van der Waals surface area contributed by atoms with Gasteiger partial charge >= 0.3 is 5.97 Å². The summed E-state index contributed by atoms with van der Waals surface area (Å²) in [6.07, 6.45) is 0. The van der Waals surface area contributed by atoms with Crippen LogP contribution in [0.5, 0.6) is 5.75 Å². The number of hydrogen-bond acceptors (Lipinski definition) is 5. The molecule has 16 heavy (non-hydrogen) atoms. The van der Waals surface area contributed by atoms with E-state index in [0.717, 1.165) is 0 Å². The molecule has 0 saturated carbocycles. The molecular formula is C8H11NO6S. The molecule has 0 aromatic heterocycles. The van der Waals surface area contributed by atoms with E-state index in [1.165, 1.54) is 6.07 Å². The highest BCUT2D eigenvalue weighted by atomic mass is 32.2. The maximum Gasteiger partial charge on any atom is 0.322 e. The molecule has 0 bridgehead atoms. The maximum absolute atomic E-state index is 10.1. The van der Waals surface area contributed by atoms with Crippen molar-refractivity contribution < 1.29 is 28.0 Å². The van der Waals surface area contributed by atoms with Gasteiger partial charge < -0.3 is 15.5 Å². The normalized spacial score (nSPS) is 9.12. The van der Waals surface area contributed by atoms with Crippen LogP contribution in [0.3, 0.4) is 0 Å². The fourth-order valence-corrected chi connectivity index (χ4v) is 0.794. The van der Waals surface area contributed by atoms with Crippen LogP contribution in [-0.2, 0) is 15.8 Å². The zero-order valence-electron chi connectivity index (χ0n) is 8.03. The Morgan fingerprint density at radius 3 is 2.25 bits per heavy atom. The molecule has 0 aliphatic rings. The van der Waals surface area contributed by atoms with E-state index in [1.54, 1.807) is 18.2 Å². The van der Waals surface area contributed by atoms with Gasteiger partial charge in [0.2, 0.25) is 0 Å². The van der Waals surface area contributed by atoms with Crippen LogP contribution in [-0.4, -0.2) is 35.7 Å². The number of carbonyl (C=O) groups is 1. The quantitative estimate of drug-likeness (QED) is 0.289. The number of phenols is 1. The molecule has 7 nitrogen and oxygen atoms in total. The van der Waals surface area contributed by atoms with Gasteiger partial charge in [-0.05, 0) is 12.1 Å². The van der Waals surface area contributed by atoms with Crippen LogP contribution in [0.25, 0.3) is 0 Å². The number of rotatable bonds is 3. The van der Waals surface area contributed by atoms with E-state index < -0.39 is 17.0 Å². The largest absolute Gasteiger partial charge is 0.506 e. The number of aromatic hydroxyl groups is 1. The highest BCUT2D eigenvalue weighted by molar-refractivity contribution is 7.66. The number of benzene rings is 1. The highest BCUT2D eigenvalue weighted by Gasteiger charge is 2.00. The first-order valence-corrected chi connectivity index (χ1v) is 5.13. The van der Waals surface area contributed by atoms with Crippen molar-refractivity contribution in [3.63, 3.8) is 0 Å². The second-order valence-electron chi connectivity index (χ2n) is 2.50. The Hall–Kier alpha value is -1.80. The minimum absolute atomic E-state index is 0.0544. The van der Waals surface area contributed by atoms with Gasteiger partial charge in [-0.1, -0.05) is 12.1 Å². The smallest absolute Gasteiger partial charge is 0.322 e. The first-order chi connectivity index (χ1) is 7.43. The predicted octanol–water partition coefficient (Wildman–Crippen LogP) is -0.0405. The Morgan fingerprint density at radius 1 is 1.31 bits per heavy atom. The number of thiol groups is 1. The average molecular weight is 249 g/mol. The summed E-state index contributed by atoms with van der Waals surface area (Å²) >= 11 is 0. The number of phenolic OH excluding ortho intramolecular Hbond substituents is 1. The Bertz CT molecular complexity index is 409. The van der Waals surface area contributed by atoms with Crippen LogP contribution in [0, 0.1) is 0 Å². The number of carboxylic acids is 1. The molecule has 0 radical (unpaired) electrons. The van der Waals surface area contributed by atoms with Gasteiger partial charge in [0, 0.05) is 0 Å². The van der Waals surface area contributed by atoms with E-state index >= 15 is 0 Å². The average Bonchev–Trinajstić information content (AvgIpc) is 2.15. The van der Waals surface area contributed by atoms with Crippen LogP contribution in [0.1, 0.15) is 0 Å². The van der Waals surface area contributed by atoms with Gasteiger partial charge in [-0.2, -0.15) is 0 Å². The number of carboxylic acid groups (broad SMARTS) is 1. The molecule has 0 atom stereocenters. The summed E-state index contributed by atoms with van der Waals surface area (Å²) in [6, 6.07) is 6.48. The van der Waals surface area contributed by atoms with Crippen LogP contribution >= 0.6 is 0 Å². The van der Waals surface area contributed by atoms with Crippen LogP contribution in [0.4, 0.5) is 5.69 Å². The lowest BCUT2D eigenvalue weighted by Crippen LogP contribution is -2.12. The molecule has 0 aliphatic heterocycles. The van der Waals surface area contributed by atoms with Gasteiger partial charge in [0.05, 0.1) is 5.69 Å². The van der Waals surface area contributed by atoms with Gasteiger partial charge in [0.25, 0.3) is 11.0 Å². The third kappa shape index (κ3) is 7.59. The van der Waals surface area contributed by atoms with Crippen molar-refractivity contribution in [3.05, 3.63) is 24.3 Å². The van der Waals surface area contributed by atoms with Gasteiger partial charge in [-0.3, -0.25) is 9.35 Å². The Kier molecular flexibility index (Phi) is 6.64. The minimum Gasteiger partial charge on any atom is -0.506 e. The SMILES string of the molecule is O=C(O)CNc1ccccc1O.O=[SH](=O)O. The van der Waals surface area contributed by atoms with Gasteiger partial charge in [0.15, 0.2) is 0 Å². The molecule has 0 spiro atoms. The van der Waals surface area contributed by atoms with Crippen molar-refractivity contribution in [2.75, 3.05) is 11.9 Å². The summed E-state index contributed by atoms with van der Waals surface area (Å²) < 4.78 is 24.2. The summed E-state index contributed by atoms with van der Waals surface area (Å²) in [5.41, 5.74) is 0.430. The number of hydrogen-bond donors (Lipinski definition) is 5. The van der Waals surface area contributed by atoms with Crippen molar-refractivity contribution in [2.45, 2.75) is 0 Å². The fourth-order valence-electron chi connectivity index (χ4n) is 0.794. The van der Waals surface area contributed by atoms with Crippen LogP contribution < -0.4 is 5.32 Å². The maximum atomic E-state index is 10.1. The highest BCUT2D eigenvalue weighted by Crippen LogP contribution is 2.20. The summed E-state index contributed by atoms with van der Waals surface area (Å²) in [4.78, 5) is 10.1. The first kappa shape index (κ1) is 14.2. The lowest BCUT2D eigenvalue weighted by molar-refractivity contribution is -0.134. The third-order valence-electron chi connectivity index (χ3n) is 1.33. The zero-order valence-corrected chi connectivity index (χ0v) is 8.92. The number of para-hydroxylation sites is 2. The monoisotopic (exact) mass is 249 g/mol. The molecule has 0 fully saturated rings. The second kappa shape index (κ2) is 7.49. The van der Waals surface area contributed by atoms with Gasteiger partial charge in [-0.25, -0.2) is 8.42 Å². The second-order valence-corrected chi connectivity index (χ2v) is 2.98. The molecule has 1 aromatic carbocycles.